The normalized spacial score (nSPS) is 10.7. The first kappa shape index (κ1) is 12.3. The predicted octanol–water partition coefficient (Wildman–Crippen LogP) is 2.52. The van der Waals surface area contributed by atoms with E-state index in [4.69, 9.17) is 4.52 Å². The Balaban J connectivity index is 1.99. The van der Waals surface area contributed by atoms with E-state index in [2.05, 4.69) is 20.1 Å². The van der Waals surface area contributed by atoms with Crippen LogP contribution >= 0.6 is 0 Å². The highest BCUT2D eigenvalue weighted by molar-refractivity contribution is 5.61. The first-order chi connectivity index (χ1) is 9.63. The summed E-state index contributed by atoms with van der Waals surface area (Å²) in [6, 6.07) is 4.95. The number of phenolic OH excluding ortho intramolecular Hbond substituents is 1. The van der Waals surface area contributed by atoms with Gasteiger partial charge in [-0.05, 0) is 43.2 Å². The summed E-state index contributed by atoms with van der Waals surface area (Å²) < 4.78 is 5.23. The Kier molecular flexibility index (Phi) is 2.90. The van der Waals surface area contributed by atoms with Gasteiger partial charge in [-0.15, -0.1) is 0 Å². The maximum Gasteiger partial charge on any atom is 0.258 e. The molecule has 1 aromatic carbocycles. The molecule has 0 radical (unpaired) electrons. The van der Waals surface area contributed by atoms with Gasteiger partial charge in [0.1, 0.15) is 5.75 Å². The van der Waals surface area contributed by atoms with E-state index in [0.29, 0.717) is 17.5 Å². The van der Waals surface area contributed by atoms with Crippen LogP contribution in [0.5, 0.6) is 5.75 Å². The maximum absolute atomic E-state index is 9.41. The topological polar surface area (TPSA) is 84.9 Å². The van der Waals surface area contributed by atoms with E-state index in [1.165, 1.54) is 0 Å². The smallest absolute Gasteiger partial charge is 0.258 e. The van der Waals surface area contributed by atoms with E-state index in [-0.39, 0.29) is 5.75 Å². The molecular weight excluding hydrogens is 256 g/mol. The third-order valence-corrected chi connectivity index (χ3v) is 2.85. The molecule has 2 heterocycles. The molecule has 20 heavy (non-hydrogen) atoms. The molecule has 0 atom stereocenters. The quantitative estimate of drug-likeness (QED) is 0.768. The van der Waals surface area contributed by atoms with Crippen molar-refractivity contribution in [1.82, 2.24) is 20.1 Å². The van der Waals surface area contributed by atoms with Crippen molar-refractivity contribution in [2.45, 2.75) is 13.8 Å². The number of benzene rings is 1. The van der Waals surface area contributed by atoms with Crippen LogP contribution in [0.15, 0.2) is 35.1 Å². The van der Waals surface area contributed by atoms with E-state index < -0.39 is 0 Å². The van der Waals surface area contributed by atoms with Gasteiger partial charge in [0.2, 0.25) is 11.6 Å². The minimum atomic E-state index is 0.202. The zero-order chi connectivity index (χ0) is 14.1. The van der Waals surface area contributed by atoms with Crippen LogP contribution in [0.4, 0.5) is 0 Å². The zero-order valence-electron chi connectivity index (χ0n) is 11.0. The van der Waals surface area contributed by atoms with E-state index in [1.807, 2.05) is 13.8 Å². The van der Waals surface area contributed by atoms with E-state index in [1.54, 1.807) is 30.6 Å². The third kappa shape index (κ3) is 2.23. The van der Waals surface area contributed by atoms with Gasteiger partial charge in [-0.3, -0.25) is 0 Å². The van der Waals surface area contributed by atoms with Crippen molar-refractivity contribution in [3.63, 3.8) is 0 Å². The molecule has 0 aliphatic heterocycles. The van der Waals surface area contributed by atoms with E-state index in [9.17, 15) is 5.11 Å². The molecule has 0 amide bonds. The monoisotopic (exact) mass is 268 g/mol. The van der Waals surface area contributed by atoms with Gasteiger partial charge < -0.3 is 9.63 Å². The standard InChI is InChI=1S/C14H12N4O2/c1-8-6-15-12(16-7-8)13-17-14(20-18-13)11-4-3-10(19)5-9(11)2/h3-7,19H,1-2H3. The summed E-state index contributed by atoms with van der Waals surface area (Å²) in [5, 5.41) is 13.3. The zero-order valence-corrected chi connectivity index (χ0v) is 11.0. The van der Waals surface area contributed by atoms with Crippen molar-refractivity contribution in [2.75, 3.05) is 0 Å². The molecule has 100 valence electrons. The SMILES string of the molecule is Cc1cnc(-c2noc(-c3ccc(O)cc3C)n2)nc1. The first-order valence-corrected chi connectivity index (χ1v) is 6.06. The average molecular weight is 268 g/mol. The molecule has 1 N–H and O–H groups in total. The summed E-state index contributed by atoms with van der Waals surface area (Å²) in [6.45, 7) is 3.77. The van der Waals surface area contributed by atoms with Crippen LogP contribution in [0.25, 0.3) is 23.1 Å². The van der Waals surface area contributed by atoms with Crippen LogP contribution in [0.3, 0.4) is 0 Å². The van der Waals surface area contributed by atoms with Gasteiger partial charge in [0.05, 0.1) is 0 Å². The summed E-state index contributed by atoms with van der Waals surface area (Å²) >= 11 is 0. The largest absolute Gasteiger partial charge is 0.508 e. The van der Waals surface area contributed by atoms with Gasteiger partial charge >= 0.3 is 0 Å². The highest BCUT2D eigenvalue weighted by Gasteiger charge is 2.14. The number of hydrogen-bond acceptors (Lipinski definition) is 6. The minimum absolute atomic E-state index is 0.202. The highest BCUT2D eigenvalue weighted by Crippen LogP contribution is 2.26. The number of rotatable bonds is 2. The van der Waals surface area contributed by atoms with Gasteiger partial charge in [-0.1, -0.05) is 5.16 Å². The number of aromatic hydroxyl groups is 1. The average Bonchev–Trinajstić information content (AvgIpc) is 2.89. The van der Waals surface area contributed by atoms with Gasteiger partial charge in [0.15, 0.2) is 0 Å². The van der Waals surface area contributed by atoms with E-state index in [0.717, 1.165) is 16.7 Å². The molecule has 0 saturated heterocycles. The Morgan fingerprint density at radius 1 is 1.05 bits per heavy atom. The minimum Gasteiger partial charge on any atom is -0.508 e. The van der Waals surface area contributed by atoms with E-state index >= 15 is 0 Å². The Bertz CT molecular complexity index is 750. The van der Waals surface area contributed by atoms with Gasteiger partial charge in [-0.2, -0.15) is 4.98 Å². The summed E-state index contributed by atoms with van der Waals surface area (Å²) in [5.41, 5.74) is 2.59. The van der Waals surface area contributed by atoms with Crippen LogP contribution in [0.2, 0.25) is 0 Å². The molecule has 0 bridgehead atoms. The van der Waals surface area contributed by atoms with Crippen LogP contribution in [0, 0.1) is 13.8 Å². The Morgan fingerprint density at radius 3 is 2.50 bits per heavy atom. The molecule has 6 heteroatoms. The van der Waals surface area contributed by atoms with Crippen LogP contribution in [0.1, 0.15) is 11.1 Å². The molecular formula is C14H12N4O2. The van der Waals surface area contributed by atoms with Crippen LogP contribution in [-0.4, -0.2) is 25.2 Å². The molecule has 2 aromatic heterocycles. The molecule has 0 unspecified atom stereocenters. The fourth-order valence-electron chi connectivity index (χ4n) is 1.82. The van der Waals surface area contributed by atoms with Crippen molar-refractivity contribution in [3.8, 4) is 28.9 Å². The van der Waals surface area contributed by atoms with Crippen LogP contribution in [-0.2, 0) is 0 Å². The molecule has 6 nitrogen and oxygen atoms in total. The Hall–Kier alpha value is -2.76. The van der Waals surface area contributed by atoms with Crippen molar-refractivity contribution in [2.24, 2.45) is 0 Å². The maximum atomic E-state index is 9.41. The van der Waals surface area contributed by atoms with Crippen molar-refractivity contribution < 1.29 is 9.63 Å². The summed E-state index contributed by atoms with van der Waals surface area (Å²) in [7, 11) is 0. The van der Waals surface area contributed by atoms with Crippen LogP contribution < -0.4 is 0 Å². The number of nitrogens with zero attached hydrogens (tertiary/aromatic N) is 4. The lowest BCUT2D eigenvalue weighted by atomic mass is 10.1. The third-order valence-electron chi connectivity index (χ3n) is 2.85. The molecule has 0 spiro atoms. The number of aryl methyl sites for hydroxylation is 2. The predicted molar refractivity (Wildman–Crippen MR) is 71.9 cm³/mol. The molecule has 0 saturated carbocycles. The lowest BCUT2D eigenvalue weighted by molar-refractivity contribution is 0.431. The second-order valence-corrected chi connectivity index (χ2v) is 4.51. The van der Waals surface area contributed by atoms with Gasteiger partial charge in [0.25, 0.3) is 5.89 Å². The van der Waals surface area contributed by atoms with Crippen molar-refractivity contribution in [3.05, 3.63) is 41.7 Å². The fourth-order valence-corrected chi connectivity index (χ4v) is 1.82. The fraction of sp³-hybridized carbons (Fsp3) is 0.143. The van der Waals surface area contributed by atoms with Gasteiger partial charge in [-0.25, -0.2) is 9.97 Å². The summed E-state index contributed by atoms with van der Waals surface area (Å²) in [4.78, 5) is 12.6. The Labute approximate surface area is 115 Å². The number of aromatic nitrogens is 4. The second-order valence-electron chi connectivity index (χ2n) is 4.51. The number of hydrogen-bond donors (Lipinski definition) is 1. The summed E-state index contributed by atoms with van der Waals surface area (Å²) in [5.74, 6) is 1.34. The molecule has 0 fully saturated rings. The van der Waals surface area contributed by atoms with Gasteiger partial charge in [0, 0.05) is 18.0 Å². The Morgan fingerprint density at radius 2 is 1.80 bits per heavy atom. The molecule has 0 aliphatic carbocycles. The molecule has 3 aromatic rings. The van der Waals surface area contributed by atoms with Crippen molar-refractivity contribution in [1.29, 1.82) is 0 Å². The second kappa shape index (κ2) is 4.73. The molecule has 3 rings (SSSR count). The lowest BCUT2D eigenvalue weighted by Crippen LogP contribution is -1.91. The molecule has 0 aliphatic rings. The number of phenols is 1. The lowest BCUT2D eigenvalue weighted by Gasteiger charge is -2.00. The highest BCUT2D eigenvalue weighted by atomic mass is 16.5. The summed E-state index contributed by atoms with van der Waals surface area (Å²) in [6.07, 6.45) is 3.40. The van der Waals surface area contributed by atoms with Crippen molar-refractivity contribution >= 4 is 0 Å². The first-order valence-electron chi connectivity index (χ1n) is 6.06.